The number of hydrogen-bond acceptors (Lipinski definition) is 3. The Morgan fingerprint density at radius 1 is 1.77 bits per heavy atom. The van der Waals surface area contributed by atoms with Gasteiger partial charge in [-0.05, 0) is 32.4 Å². The SMILES string of the molecule is CC(N)CNC(=O)C1(C)CCCS1. The molecule has 1 aliphatic heterocycles. The number of amides is 1. The number of rotatable bonds is 3. The molecule has 1 heterocycles. The summed E-state index contributed by atoms with van der Waals surface area (Å²) < 4.78 is -0.200. The molecule has 4 heteroatoms. The summed E-state index contributed by atoms with van der Waals surface area (Å²) in [6, 6.07) is 0.0407. The fraction of sp³-hybridized carbons (Fsp3) is 0.889. The number of carbonyl (C=O) groups is 1. The number of nitrogens with one attached hydrogen (secondary N) is 1. The molecule has 1 amide bonds. The van der Waals surface area contributed by atoms with E-state index >= 15 is 0 Å². The average molecular weight is 202 g/mol. The van der Waals surface area contributed by atoms with Crippen molar-refractivity contribution in [1.82, 2.24) is 5.32 Å². The molecule has 0 aromatic carbocycles. The zero-order valence-corrected chi connectivity index (χ0v) is 9.12. The van der Waals surface area contributed by atoms with Gasteiger partial charge in [-0.25, -0.2) is 0 Å². The zero-order chi connectivity index (χ0) is 9.90. The van der Waals surface area contributed by atoms with E-state index in [1.165, 1.54) is 0 Å². The first kappa shape index (κ1) is 10.9. The van der Waals surface area contributed by atoms with Crippen molar-refractivity contribution in [3.05, 3.63) is 0 Å². The Morgan fingerprint density at radius 3 is 2.92 bits per heavy atom. The van der Waals surface area contributed by atoms with E-state index < -0.39 is 0 Å². The van der Waals surface area contributed by atoms with Crippen molar-refractivity contribution in [2.45, 2.75) is 37.5 Å². The van der Waals surface area contributed by atoms with Crippen molar-refractivity contribution in [2.75, 3.05) is 12.3 Å². The quantitative estimate of drug-likeness (QED) is 0.709. The Bertz CT molecular complexity index is 188. The zero-order valence-electron chi connectivity index (χ0n) is 8.30. The second-order valence-electron chi connectivity index (χ2n) is 3.87. The number of thioether (sulfide) groups is 1. The van der Waals surface area contributed by atoms with Gasteiger partial charge in [0, 0.05) is 12.6 Å². The van der Waals surface area contributed by atoms with Crippen LogP contribution in [0.4, 0.5) is 0 Å². The van der Waals surface area contributed by atoms with Gasteiger partial charge in [0.15, 0.2) is 0 Å². The Labute approximate surface area is 83.8 Å². The van der Waals surface area contributed by atoms with Crippen LogP contribution in [0.3, 0.4) is 0 Å². The third kappa shape index (κ3) is 2.88. The molecule has 3 nitrogen and oxygen atoms in total. The molecule has 1 saturated heterocycles. The summed E-state index contributed by atoms with van der Waals surface area (Å²) in [5.41, 5.74) is 5.56. The molecule has 0 bridgehead atoms. The number of carbonyl (C=O) groups excluding carboxylic acids is 1. The van der Waals surface area contributed by atoms with E-state index in [1.54, 1.807) is 11.8 Å². The smallest absolute Gasteiger partial charge is 0.236 e. The van der Waals surface area contributed by atoms with Gasteiger partial charge in [0.25, 0.3) is 0 Å². The van der Waals surface area contributed by atoms with Crippen LogP contribution in [0, 0.1) is 0 Å². The first-order valence-electron chi connectivity index (χ1n) is 4.72. The molecule has 1 aliphatic rings. The highest BCUT2D eigenvalue weighted by molar-refractivity contribution is 8.01. The Hall–Kier alpha value is -0.220. The fourth-order valence-corrected chi connectivity index (χ4v) is 2.63. The van der Waals surface area contributed by atoms with Gasteiger partial charge in [0.05, 0.1) is 4.75 Å². The molecule has 0 aromatic rings. The first-order chi connectivity index (χ1) is 6.04. The Kier molecular flexibility index (Phi) is 3.62. The summed E-state index contributed by atoms with van der Waals surface area (Å²) >= 11 is 1.75. The van der Waals surface area contributed by atoms with Crippen LogP contribution >= 0.6 is 11.8 Å². The lowest BCUT2D eigenvalue weighted by atomic mass is 10.0. The van der Waals surface area contributed by atoms with Gasteiger partial charge in [-0.15, -0.1) is 11.8 Å². The molecule has 76 valence electrons. The van der Waals surface area contributed by atoms with E-state index in [9.17, 15) is 4.79 Å². The lowest BCUT2D eigenvalue weighted by molar-refractivity contribution is -0.123. The monoisotopic (exact) mass is 202 g/mol. The van der Waals surface area contributed by atoms with Gasteiger partial charge < -0.3 is 11.1 Å². The standard InChI is InChI=1S/C9H18N2OS/c1-7(10)6-11-8(12)9(2)4-3-5-13-9/h7H,3-6,10H2,1-2H3,(H,11,12). The van der Waals surface area contributed by atoms with E-state index in [-0.39, 0.29) is 16.7 Å². The van der Waals surface area contributed by atoms with Gasteiger partial charge >= 0.3 is 0 Å². The molecule has 2 unspecified atom stereocenters. The molecule has 3 N–H and O–H groups in total. The first-order valence-corrected chi connectivity index (χ1v) is 5.71. The lowest BCUT2D eigenvalue weighted by Crippen LogP contribution is -2.44. The molecule has 0 aromatic heterocycles. The predicted molar refractivity (Wildman–Crippen MR) is 56.8 cm³/mol. The molecular weight excluding hydrogens is 184 g/mol. The summed E-state index contributed by atoms with van der Waals surface area (Å²) in [4.78, 5) is 11.7. The van der Waals surface area contributed by atoms with Crippen molar-refractivity contribution >= 4 is 17.7 Å². The number of nitrogens with two attached hydrogens (primary N) is 1. The van der Waals surface area contributed by atoms with E-state index in [0.717, 1.165) is 18.6 Å². The molecule has 0 saturated carbocycles. The largest absolute Gasteiger partial charge is 0.353 e. The maximum atomic E-state index is 11.7. The molecule has 1 rings (SSSR count). The minimum absolute atomic E-state index is 0.0407. The van der Waals surface area contributed by atoms with Crippen molar-refractivity contribution in [1.29, 1.82) is 0 Å². The summed E-state index contributed by atoms with van der Waals surface area (Å²) in [6.07, 6.45) is 2.13. The fourth-order valence-electron chi connectivity index (χ4n) is 1.40. The topological polar surface area (TPSA) is 55.1 Å². The van der Waals surface area contributed by atoms with E-state index in [2.05, 4.69) is 5.32 Å². The van der Waals surface area contributed by atoms with Gasteiger partial charge in [-0.1, -0.05) is 0 Å². The molecule has 13 heavy (non-hydrogen) atoms. The molecule has 0 aliphatic carbocycles. The van der Waals surface area contributed by atoms with E-state index in [4.69, 9.17) is 5.73 Å². The Balaban J connectivity index is 2.38. The van der Waals surface area contributed by atoms with Gasteiger partial charge in [-0.3, -0.25) is 4.79 Å². The van der Waals surface area contributed by atoms with Crippen LogP contribution in [0.1, 0.15) is 26.7 Å². The van der Waals surface area contributed by atoms with Crippen LogP contribution in [0.15, 0.2) is 0 Å². The summed E-state index contributed by atoms with van der Waals surface area (Å²) in [5.74, 6) is 1.24. The average Bonchev–Trinajstić information content (AvgIpc) is 2.49. The van der Waals surface area contributed by atoms with E-state index in [1.807, 2.05) is 13.8 Å². The minimum atomic E-state index is -0.200. The summed E-state index contributed by atoms with van der Waals surface area (Å²) in [7, 11) is 0. The molecule has 1 fully saturated rings. The van der Waals surface area contributed by atoms with Crippen LogP contribution < -0.4 is 11.1 Å². The van der Waals surface area contributed by atoms with Crippen molar-refractivity contribution in [3.8, 4) is 0 Å². The Morgan fingerprint density at radius 2 is 2.46 bits per heavy atom. The maximum Gasteiger partial charge on any atom is 0.236 e. The highest BCUT2D eigenvalue weighted by Gasteiger charge is 2.36. The van der Waals surface area contributed by atoms with Crippen LogP contribution in [0.25, 0.3) is 0 Å². The van der Waals surface area contributed by atoms with Crippen molar-refractivity contribution < 1.29 is 4.79 Å². The van der Waals surface area contributed by atoms with Gasteiger partial charge in [0.2, 0.25) is 5.91 Å². The predicted octanol–water partition coefficient (Wildman–Crippen LogP) is 0.735. The van der Waals surface area contributed by atoms with Crippen LogP contribution in [0.2, 0.25) is 0 Å². The van der Waals surface area contributed by atoms with Crippen LogP contribution in [-0.2, 0) is 4.79 Å². The third-order valence-electron chi connectivity index (χ3n) is 2.28. The second kappa shape index (κ2) is 4.33. The third-order valence-corrected chi connectivity index (χ3v) is 3.80. The summed E-state index contributed by atoms with van der Waals surface area (Å²) in [5, 5.41) is 2.88. The van der Waals surface area contributed by atoms with Crippen LogP contribution in [0.5, 0.6) is 0 Å². The van der Waals surface area contributed by atoms with Crippen molar-refractivity contribution in [2.24, 2.45) is 5.73 Å². The maximum absolute atomic E-state index is 11.7. The lowest BCUT2D eigenvalue weighted by Gasteiger charge is -2.22. The second-order valence-corrected chi connectivity index (χ2v) is 5.47. The van der Waals surface area contributed by atoms with E-state index in [0.29, 0.717) is 6.54 Å². The minimum Gasteiger partial charge on any atom is -0.353 e. The highest BCUT2D eigenvalue weighted by atomic mass is 32.2. The highest BCUT2D eigenvalue weighted by Crippen LogP contribution is 2.37. The summed E-state index contributed by atoms with van der Waals surface area (Å²) in [6.45, 7) is 4.49. The van der Waals surface area contributed by atoms with Crippen molar-refractivity contribution in [3.63, 3.8) is 0 Å². The van der Waals surface area contributed by atoms with Gasteiger partial charge in [-0.2, -0.15) is 0 Å². The van der Waals surface area contributed by atoms with Gasteiger partial charge in [0.1, 0.15) is 0 Å². The normalized spacial score (nSPS) is 30.1. The molecule has 2 atom stereocenters. The number of hydrogen-bond donors (Lipinski definition) is 2. The molecule has 0 spiro atoms. The molecule has 0 radical (unpaired) electrons. The molecular formula is C9H18N2OS. The van der Waals surface area contributed by atoms with Crippen LogP contribution in [-0.4, -0.2) is 29.0 Å².